The van der Waals surface area contributed by atoms with Gasteiger partial charge in [-0.05, 0) is 53.8 Å². The fraction of sp³-hybridized carbons (Fsp3) is 0.150. The van der Waals surface area contributed by atoms with E-state index in [1.54, 1.807) is 36.4 Å². The molecule has 0 aliphatic carbocycles. The number of benzene rings is 2. The topological polar surface area (TPSA) is 57.5 Å². The van der Waals surface area contributed by atoms with Gasteiger partial charge in [0.15, 0.2) is 5.78 Å². The lowest BCUT2D eigenvalue weighted by Gasteiger charge is -2.08. The highest BCUT2D eigenvalue weighted by Crippen LogP contribution is 2.23. The molecule has 0 aliphatic heterocycles. The number of hydrogen-bond donors (Lipinski definition) is 2. The van der Waals surface area contributed by atoms with Gasteiger partial charge in [-0.3, -0.25) is 4.79 Å². The van der Waals surface area contributed by atoms with Crippen LogP contribution in [0.3, 0.4) is 0 Å². The molecular weight excluding hydrogens is 288 g/mol. The Morgan fingerprint density at radius 3 is 2.09 bits per heavy atom. The normalized spacial score (nSPS) is 10.3. The van der Waals surface area contributed by atoms with Gasteiger partial charge in [0, 0.05) is 12.0 Å². The first-order valence-corrected chi connectivity index (χ1v) is 7.42. The zero-order chi connectivity index (χ0) is 16.8. The highest BCUT2D eigenvalue weighted by Gasteiger charge is 2.11. The molecule has 0 heterocycles. The van der Waals surface area contributed by atoms with Gasteiger partial charge in [0.25, 0.3) is 0 Å². The van der Waals surface area contributed by atoms with E-state index in [1.807, 2.05) is 6.07 Å². The number of allylic oxidation sites excluding steroid dienone is 2. The quantitative estimate of drug-likeness (QED) is 0.601. The van der Waals surface area contributed by atoms with Crippen molar-refractivity contribution in [3.05, 3.63) is 84.0 Å². The van der Waals surface area contributed by atoms with Gasteiger partial charge in [-0.1, -0.05) is 24.3 Å². The molecule has 0 unspecified atom stereocenters. The van der Waals surface area contributed by atoms with Crippen molar-refractivity contribution in [1.82, 2.24) is 0 Å². The van der Waals surface area contributed by atoms with Crippen LogP contribution in [-0.4, -0.2) is 16.0 Å². The number of Topliss-reactive ketones (excluding diaryl/α,β-unsaturated/α-hetero) is 1. The summed E-state index contributed by atoms with van der Waals surface area (Å²) in [4.78, 5) is 12.4. The molecule has 118 valence electrons. The van der Waals surface area contributed by atoms with Gasteiger partial charge in [0.1, 0.15) is 11.5 Å². The molecule has 2 aromatic rings. The number of phenols is 2. The minimum atomic E-state index is -0.0365. The van der Waals surface area contributed by atoms with Crippen molar-refractivity contribution in [2.24, 2.45) is 0 Å². The molecule has 2 rings (SSSR count). The Bertz CT molecular complexity index is 745. The third-order valence-electron chi connectivity index (χ3n) is 3.64. The van der Waals surface area contributed by atoms with Crippen molar-refractivity contribution < 1.29 is 15.0 Å². The van der Waals surface area contributed by atoms with Gasteiger partial charge in [-0.2, -0.15) is 0 Å². The largest absolute Gasteiger partial charge is 0.508 e. The van der Waals surface area contributed by atoms with Crippen molar-refractivity contribution in [3.8, 4) is 11.5 Å². The van der Waals surface area contributed by atoms with Crippen LogP contribution in [0.15, 0.2) is 61.7 Å². The van der Waals surface area contributed by atoms with E-state index in [-0.39, 0.29) is 23.7 Å². The molecule has 0 aliphatic rings. The predicted molar refractivity (Wildman–Crippen MR) is 92.1 cm³/mol. The Hall–Kier alpha value is -2.81. The second kappa shape index (κ2) is 7.45. The maximum Gasteiger partial charge on any atom is 0.167 e. The smallest absolute Gasteiger partial charge is 0.167 e. The average molecular weight is 308 g/mol. The summed E-state index contributed by atoms with van der Waals surface area (Å²) in [6.45, 7) is 7.31. The number of phenolic OH excluding ortho intramolecular Hbond substituents is 2. The minimum Gasteiger partial charge on any atom is -0.508 e. The number of carbonyl (C=O) groups is 1. The fourth-order valence-corrected chi connectivity index (χ4v) is 2.43. The number of carbonyl (C=O) groups excluding carboxylic acids is 1. The van der Waals surface area contributed by atoms with E-state index in [9.17, 15) is 15.0 Å². The molecule has 3 nitrogen and oxygen atoms in total. The van der Waals surface area contributed by atoms with Crippen LogP contribution in [0, 0.1) is 0 Å². The minimum absolute atomic E-state index is 0.0365. The third kappa shape index (κ3) is 4.10. The standard InChI is InChI=1S/C20H20O3/c1-3-5-15-11-14(7-9-18(15)21)12-20(23)17-8-10-19(22)16(13-17)6-4-2/h3-4,7-11,13,21-22H,1-2,5-6,12H2. The third-order valence-corrected chi connectivity index (χ3v) is 3.64. The molecule has 0 saturated heterocycles. The SMILES string of the molecule is C=CCc1cc(CC(=O)c2ccc(O)c(CC=C)c2)ccc1O. The molecule has 0 radical (unpaired) electrons. The maximum absolute atomic E-state index is 12.4. The number of ketones is 1. The molecule has 23 heavy (non-hydrogen) atoms. The summed E-state index contributed by atoms with van der Waals surface area (Å²) >= 11 is 0. The summed E-state index contributed by atoms with van der Waals surface area (Å²) in [6.07, 6.45) is 4.70. The molecule has 2 N–H and O–H groups in total. The summed E-state index contributed by atoms with van der Waals surface area (Å²) in [5, 5.41) is 19.5. The van der Waals surface area contributed by atoms with Crippen LogP contribution in [0.1, 0.15) is 27.0 Å². The van der Waals surface area contributed by atoms with Crippen molar-refractivity contribution >= 4 is 5.78 Å². The molecule has 0 amide bonds. The first-order chi connectivity index (χ1) is 11.0. The van der Waals surface area contributed by atoms with Crippen LogP contribution in [0.25, 0.3) is 0 Å². The fourth-order valence-electron chi connectivity index (χ4n) is 2.43. The summed E-state index contributed by atoms with van der Waals surface area (Å²) in [5.41, 5.74) is 2.83. The Labute approximate surface area is 136 Å². The van der Waals surface area contributed by atoms with Gasteiger partial charge in [-0.15, -0.1) is 13.2 Å². The molecule has 3 heteroatoms. The zero-order valence-corrected chi connectivity index (χ0v) is 13.0. The highest BCUT2D eigenvalue weighted by atomic mass is 16.3. The molecule has 2 aromatic carbocycles. The molecule has 0 aromatic heterocycles. The van der Waals surface area contributed by atoms with Crippen molar-refractivity contribution in [1.29, 1.82) is 0 Å². The predicted octanol–water partition coefficient (Wildman–Crippen LogP) is 3.98. The van der Waals surface area contributed by atoms with E-state index in [0.717, 1.165) is 11.1 Å². The van der Waals surface area contributed by atoms with E-state index in [0.29, 0.717) is 24.0 Å². The van der Waals surface area contributed by atoms with Crippen LogP contribution in [0.5, 0.6) is 11.5 Å². The van der Waals surface area contributed by atoms with E-state index < -0.39 is 0 Å². The maximum atomic E-state index is 12.4. The van der Waals surface area contributed by atoms with Gasteiger partial charge >= 0.3 is 0 Å². The van der Waals surface area contributed by atoms with Gasteiger partial charge < -0.3 is 10.2 Å². The Balaban J connectivity index is 2.22. The summed E-state index contributed by atoms with van der Waals surface area (Å²) in [6, 6.07) is 10.0. The molecule has 0 atom stereocenters. The summed E-state index contributed by atoms with van der Waals surface area (Å²) in [7, 11) is 0. The van der Waals surface area contributed by atoms with Gasteiger partial charge in [0.2, 0.25) is 0 Å². The molecule has 0 bridgehead atoms. The van der Waals surface area contributed by atoms with E-state index in [2.05, 4.69) is 13.2 Å². The molecule has 0 fully saturated rings. The monoisotopic (exact) mass is 308 g/mol. The summed E-state index contributed by atoms with van der Waals surface area (Å²) in [5.74, 6) is 0.337. The van der Waals surface area contributed by atoms with Crippen molar-refractivity contribution in [2.45, 2.75) is 19.3 Å². The first-order valence-electron chi connectivity index (χ1n) is 7.42. The molecule has 0 saturated carbocycles. The lowest BCUT2D eigenvalue weighted by molar-refractivity contribution is 0.0993. The lowest BCUT2D eigenvalue weighted by Crippen LogP contribution is -2.04. The van der Waals surface area contributed by atoms with Crippen molar-refractivity contribution in [2.75, 3.05) is 0 Å². The summed E-state index contributed by atoms with van der Waals surface area (Å²) < 4.78 is 0. The lowest BCUT2D eigenvalue weighted by atomic mass is 9.98. The Kier molecular flexibility index (Phi) is 5.36. The zero-order valence-electron chi connectivity index (χ0n) is 13.0. The highest BCUT2D eigenvalue weighted by molar-refractivity contribution is 5.97. The van der Waals surface area contributed by atoms with Crippen LogP contribution in [0.2, 0.25) is 0 Å². The Morgan fingerprint density at radius 1 is 0.913 bits per heavy atom. The number of hydrogen-bond acceptors (Lipinski definition) is 3. The first kappa shape index (κ1) is 16.6. The number of aromatic hydroxyl groups is 2. The van der Waals surface area contributed by atoms with Crippen LogP contribution in [-0.2, 0) is 19.3 Å². The van der Waals surface area contributed by atoms with Crippen LogP contribution < -0.4 is 0 Å². The average Bonchev–Trinajstić information content (AvgIpc) is 2.53. The van der Waals surface area contributed by atoms with Gasteiger partial charge in [-0.25, -0.2) is 0 Å². The number of rotatable bonds is 7. The van der Waals surface area contributed by atoms with E-state index >= 15 is 0 Å². The van der Waals surface area contributed by atoms with Crippen LogP contribution in [0.4, 0.5) is 0 Å². The molecular formula is C20H20O3. The van der Waals surface area contributed by atoms with E-state index in [4.69, 9.17) is 0 Å². The second-order valence-electron chi connectivity index (χ2n) is 5.39. The molecule has 0 spiro atoms. The van der Waals surface area contributed by atoms with Crippen molar-refractivity contribution in [3.63, 3.8) is 0 Å². The Morgan fingerprint density at radius 2 is 1.48 bits per heavy atom. The second-order valence-corrected chi connectivity index (χ2v) is 5.39. The van der Waals surface area contributed by atoms with Crippen LogP contribution >= 0.6 is 0 Å². The van der Waals surface area contributed by atoms with Gasteiger partial charge in [0.05, 0.1) is 0 Å². The van der Waals surface area contributed by atoms with E-state index in [1.165, 1.54) is 6.07 Å².